The van der Waals surface area contributed by atoms with Crippen LogP contribution in [0.3, 0.4) is 0 Å². The van der Waals surface area contributed by atoms with E-state index in [0.717, 1.165) is 22.2 Å². The molecule has 9 heteroatoms. The van der Waals surface area contributed by atoms with Gasteiger partial charge in [0.25, 0.3) is 0 Å². The van der Waals surface area contributed by atoms with Crippen molar-refractivity contribution in [1.82, 2.24) is 9.29 Å². The maximum absolute atomic E-state index is 14.4. The first-order chi connectivity index (χ1) is 13.7. The lowest BCUT2D eigenvalue weighted by Gasteiger charge is -2.08. The fraction of sp³-hybridized carbons (Fsp3) is 0.350. The van der Waals surface area contributed by atoms with E-state index in [0.29, 0.717) is 36.7 Å². The molecule has 0 unspecified atom stereocenters. The first-order valence-electron chi connectivity index (χ1n) is 9.21. The van der Waals surface area contributed by atoms with Crippen LogP contribution in [0, 0.1) is 12.7 Å². The Bertz CT molecular complexity index is 1150. The number of aromatic nitrogens is 1. The lowest BCUT2D eigenvalue weighted by molar-refractivity contribution is 0.103. The van der Waals surface area contributed by atoms with Gasteiger partial charge in [-0.1, -0.05) is 0 Å². The van der Waals surface area contributed by atoms with Crippen LogP contribution in [-0.4, -0.2) is 38.2 Å². The van der Waals surface area contributed by atoms with Crippen molar-refractivity contribution < 1.29 is 22.3 Å². The van der Waals surface area contributed by atoms with Crippen molar-refractivity contribution in [2.75, 3.05) is 19.4 Å². The van der Waals surface area contributed by atoms with Crippen molar-refractivity contribution in [3.63, 3.8) is 0 Å². The number of carbonyl (C=O) groups is 1. The van der Waals surface area contributed by atoms with Gasteiger partial charge in [-0.3, -0.25) is 4.79 Å². The second-order valence-electron chi connectivity index (χ2n) is 6.73. The molecule has 0 amide bonds. The average Bonchev–Trinajstić information content (AvgIpc) is 3.15. The largest absolute Gasteiger partial charge is 0.494 e. The summed E-state index contributed by atoms with van der Waals surface area (Å²) in [6, 6.07) is 8.01. The highest BCUT2D eigenvalue weighted by atomic mass is 32.2. The van der Waals surface area contributed by atoms with Crippen LogP contribution in [0.4, 0.5) is 4.39 Å². The first kappa shape index (κ1) is 21.5. The highest BCUT2D eigenvalue weighted by molar-refractivity contribution is 7.88. The molecule has 2 heterocycles. The summed E-state index contributed by atoms with van der Waals surface area (Å²) < 4.78 is 46.5. The minimum atomic E-state index is -3.21. The molecule has 0 aliphatic heterocycles. The number of ketones is 1. The minimum Gasteiger partial charge on any atom is -0.494 e. The number of ether oxygens (including phenoxy) is 1. The number of thiophene rings is 1. The lowest BCUT2D eigenvalue weighted by atomic mass is 10.1. The Morgan fingerprint density at radius 3 is 2.69 bits per heavy atom. The van der Waals surface area contributed by atoms with E-state index in [2.05, 4.69) is 9.29 Å². The molecule has 2 aromatic heterocycles. The van der Waals surface area contributed by atoms with Crippen LogP contribution in [0.2, 0.25) is 0 Å². The zero-order valence-electron chi connectivity index (χ0n) is 16.5. The number of hydrogen-bond donors (Lipinski definition) is 1. The molecule has 3 aromatic rings. The number of nitrogens with one attached hydrogen (secondary N) is 1. The van der Waals surface area contributed by atoms with Gasteiger partial charge in [0.15, 0.2) is 0 Å². The number of aryl methyl sites for hydroxylation is 2. The second-order valence-corrected chi connectivity index (χ2v) is 9.60. The standard InChI is InChI=1S/C20H23FN2O4S2/c1-4-27-15-6-7-16(17(21)12-15)19(24)18-11-14-10-13(2)23(20(14)28-18)9-5-8-22-29(3,25)26/h6-7,10-12,22H,4-5,8-9H2,1-3H3. The van der Waals surface area contributed by atoms with E-state index in [1.165, 1.54) is 23.5 Å². The quantitative estimate of drug-likeness (QED) is 0.408. The number of benzene rings is 1. The smallest absolute Gasteiger partial charge is 0.208 e. The average molecular weight is 439 g/mol. The van der Waals surface area contributed by atoms with Crippen LogP contribution in [-0.2, 0) is 16.6 Å². The molecule has 1 aromatic carbocycles. The Labute approximate surface area is 173 Å². The van der Waals surface area contributed by atoms with Crippen LogP contribution >= 0.6 is 11.3 Å². The molecule has 1 N–H and O–H groups in total. The van der Waals surface area contributed by atoms with Gasteiger partial charge in [-0.25, -0.2) is 17.5 Å². The summed E-state index contributed by atoms with van der Waals surface area (Å²) in [4.78, 5) is 14.2. The topological polar surface area (TPSA) is 77.4 Å². The third-order valence-corrected chi connectivity index (χ3v) is 6.32. The van der Waals surface area contributed by atoms with E-state index in [1.54, 1.807) is 12.1 Å². The number of hydrogen-bond acceptors (Lipinski definition) is 5. The summed E-state index contributed by atoms with van der Waals surface area (Å²) in [6.07, 6.45) is 1.75. The number of sulfonamides is 1. The summed E-state index contributed by atoms with van der Waals surface area (Å²) in [5.74, 6) is -0.581. The van der Waals surface area contributed by atoms with Gasteiger partial charge in [0, 0.05) is 30.2 Å². The van der Waals surface area contributed by atoms with Crippen molar-refractivity contribution in [3.8, 4) is 5.75 Å². The fourth-order valence-electron chi connectivity index (χ4n) is 3.13. The molecule has 6 nitrogen and oxygen atoms in total. The molecule has 0 fully saturated rings. The molecular formula is C20H23FN2O4S2. The Morgan fingerprint density at radius 2 is 2.03 bits per heavy atom. The van der Waals surface area contributed by atoms with Crippen LogP contribution < -0.4 is 9.46 Å². The predicted octanol–water partition coefficient (Wildman–Crippen LogP) is 3.72. The highest BCUT2D eigenvalue weighted by Crippen LogP contribution is 2.31. The number of halogens is 1. The van der Waals surface area contributed by atoms with Gasteiger partial charge in [0.1, 0.15) is 16.4 Å². The zero-order chi connectivity index (χ0) is 21.2. The number of fused-ring (bicyclic) bond motifs is 1. The van der Waals surface area contributed by atoms with Crippen molar-refractivity contribution in [2.45, 2.75) is 26.8 Å². The first-order valence-corrected chi connectivity index (χ1v) is 11.9. The fourth-order valence-corrected chi connectivity index (χ4v) is 4.82. The maximum Gasteiger partial charge on any atom is 0.208 e. The molecule has 29 heavy (non-hydrogen) atoms. The van der Waals surface area contributed by atoms with Crippen LogP contribution in [0.5, 0.6) is 5.75 Å². The maximum atomic E-state index is 14.4. The van der Waals surface area contributed by atoms with Gasteiger partial charge in [0.2, 0.25) is 15.8 Å². The Hall–Kier alpha value is -2.23. The van der Waals surface area contributed by atoms with E-state index >= 15 is 0 Å². The number of rotatable bonds is 9. The van der Waals surface area contributed by atoms with Gasteiger partial charge in [-0.15, -0.1) is 11.3 Å². The summed E-state index contributed by atoms with van der Waals surface area (Å²) in [7, 11) is -3.21. The molecule has 0 saturated carbocycles. The van der Waals surface area contributed by atoms with Crippen molar-refractivity contribution in [2.24, 2.45) is 0 Å². The molecule has 3 rings (SSSR count). The Kier molecular flexibility index (Phi) is 6.40. The van der Waals surface area contributed by atoms with E-state index < -0.39 is 15.8 Å². The Balaban J connectivity index is 1.81. The van der Waals surface area contributed by atoms with Crippen LogP contribution in [0.15, 0.2) is 30.3 Å². The van der Waals surface area contributed by atoms with Gasteiger partial charge < -0.3 is 9.30 Å². The summed E-state index contributed by atoms with van der Waals surface area (Å²) in [5.41, 5.74) is 1.04. The molecule has 0 saturated heterocycles. The number of nitrogens with zero attached hydrogens (tertiary/aromatic N) is 1. The molecule has 0 bridgehead atoms. The summed E-state index contributed by atoms with van der Waals surface area (Å²) >= 11 is 1.31. The highest BCUT2D eigenvalue weighted by Gasteiger charge is 2.19. The van der Waals surface area contributed by atoms with Gasteiger partial charge >= 0.3 is 0 Å². The van der Waals surface area contributed by atoms with E-state index in [-0.39, 0.29) is 11.3 Å². The van der Waals surface area contributed by atoms with Gasteiger partial charge in [-0.05, 0) is 44.5 Å². The van der Waals surface area contributed by atoms with E-state index in [4.69, 9.17) is 4.74 Å². The summed E-state index contributed by atoms with van der Waals surface area (Å²) in [6.45, 7) is 5.15. The normalized spacial score (nSPS) is 11.9. The molecule has 0 aliphatic rings. The molecule has 0 aliphatic carbocycles. The van der Waals surface area contributed by atoms with Crippen molar-refractivity contribution >= 4 is 37.4 Å². The third kappa shape index (κ3) is 5.04. The van der Waals surface area contributed by atoms with Crippen LogP contribution in [0.1, 0.15) is 34.3 Å². The monoisotopic (exact) mass is 438 g/mol. The second kappa shape index (κ2) is 8.64. The van der Waals surface area contributed by atoms with E-state index in [1.807, 2.05) is 19.9 Å². The number of carbonyl (C=O) groups excluding carboxylic acids is 1. The molecule has 0 radical (unpaired) electrons. The third-order valence-electron chi connectivity index (χ3n) is 4.42. The zero-order valence-corrected chi connectivity index (χ0v) is 18.1. The molecule has 0 spiro atoms. The molecule has 0 atom stereocenters. The van der Waals surface area contributed by atoms with Crippen molar-refractivity contribution in [3.05, 3.63) is 52.3 Å². The van der Waals surface area contributed by atoms with Crippen LogP contribution in [0.25, 0.3) is 10.2 Å². The van der Waals surface area contributed by atoms with Crippen molar-refractivity contribution in [1.29, 1.82) is 0 Å². The SMILES string of the molecule is CCOc1ccc(C(=O)c2cc3cc(C)n(CCCNS(C)(=O)=O)c3s2)c(F)c1. The minimum absolute atomic E-state index is 0.0120. The predicted molar refractivity (Wildman–Crippen MR) is 113 cm³/mol. The van der Waals surface area contributed by atoms with E-state index in [9.17, 15) is 17.6 Å². The molecular weight excluding hydrogens is 415 g/mol. The Morgan fingerprint density at radius 1 is 1.28 bits per heavy atom. The summed E-state index contributed by atoms with van der Waals surface area (Å²) in [5, 5.41) is 0.915. The molecule has 156 valence electrons. The van der Waals surface area contributed by atoms with Gasteiger partial charge in [0.05, 0.1) is 23.3 Å². The van der Waals surface area contributed by atoms with Gasteiger partial charge in [-0.2, -0.15) is 0 Å². The lowest BCUT2D eigenvalue weighted by Crippen LogP contribution is -2.23.